The molecule has 0 radical (unpaired) electrons. The number of hydrogen-bond donors (Lipinski definition) is 1. The highest BCUT2D eigenvalue weighted by Gasteiger charge is 2.25. The summed E-state index contributed by atoms with van der Waals surface area (Å²) in [7, 11) is 0. The van der Waals surface area contributed by atoms with Crippen LogP contribution in [0.1, 0.15) is 24.3 Å². The van der Waals surface area contributed by atoms with Gasteiger partial charge in [0.15, 0.2) is 0 Å². The zero-order valence-electron chi connectivity index (χ0n) is 8.40. The summed E-state index contributed by atoms with van der Waals surface area (Å²) in [5.74, 6) is 0. The first-order chi connectivity index (χ1) is 7.29. The van der Waals surface area contributed by atoms with Crippen LogP contribution in [0.15, 0.2) is 0 Å². The van der Waals surface area contributed by atoms with Crippen LogP contribution in [-0.2, 0) is 6.54 Å². The highest BCUT2D eigenvalue weighted by Crippen LogP contribution is 2.27. The summed E-state index contributed by atoms with van der Waals surface area (Å²) < 4.78 is 0.488. The van der Waals surface area contributed by atoms with Crippen LogP contribution >= 0.6 is 22.9 Å². The highest BCUT2D eigenvalue weighted by molar-refractivity contribution is 7.15. The fraction of sp³-hybridized carbons (Fsp3) is 0.778. The number of aliphatic hydroxyl groups excluding tert-OH is 1. The van der Waals surface area contributed by atoms with Gasteiger partial charge in [0.25, 0.3) is 0 Å². The molecule has 0 aliphatic heterocycles. The molecule has 0 saturated heterocycles. The van der Waals surface area contributed by atoms with E-state index in [9.17, 15) is 0 Å². The van der Waals surface area contributed by atoms with Crippen LogP contribution in [0.25, 0.3) is 0 Å². The van der Waals surface area contributed by atoms with Crippen LogP contribution in [0.3, 0.4) is 0 Å². The maximum Gasteiger partial charge on any atom is 0.207 e. The number of aromatic nitrogens is 2. The molecule has 1 aromatic rings. The first-order valence-corrected chi connectivity index (χ1v) is 6.32. The second-order valence-electron chi connectivity index (χ2n) is 3.73. The first kappa shape index (κ1) is 11.3. The molecule has 1 saturated carbocycles. The van der Waals surface area contributed by atoms with Crippen molar-refractivity contribution in [3.8, 4) is 0 Å². The lowest BCUT2D eigenvalue weighted by molar-refractivity contribution is 0.0943. The zero-order valence-corrected chi connectivity index (χ0v) is 9.97. The molecule has 0 aromatic carbocycles. The molecule has 0 atom stereocenters. The van der Waals surface area contributed by atoms with Gasteiger partial charge in [-0.25, -0.2) is 0 Å². The third kappa shape index (κ3) is 2.87. The van der Waals surface area contributed by atoms with Gasteiger partial charge in [0.05, 0.1) is 13.2 Å². The predicted molar refractivity (Wildman–Crippen MR) is 60.1 cm³/mol. The molecule has 15 heavy (non-hydrogen) atoms. The van der Waals surface area contributed by atoms with Crippen LogP contribution in [0.5, 0.6) is 0 Å². The monoisotopic (exact) mass is 247 g/mol. The Morgan fingerprint density at radius 1 is 1.47 bits per heavy atom. The molecule has 1 heterocycles. The second kappa shape index (κ2) is 5.21. The Morgan fingerprint density at radius 2 is 2.27 bits per heavy atom. The molecule has 1 aliphatic carbocycles. The fourth-order valence-electron chi connectivity index (χ4n) is 1.74. The average molecular weight is 248 g/mol. The van der Waals surface area contributed by atoms with E-state index in [-0.39, 0.29) is 6.61 Å². The van der Waals surface area contributed by atoms with Gasteiger partial charge in [0.1, 0.15) is 5.01 Å². The third-order valence-corrected chi connectivity index (χ3v) is 3.76. The van der Waals surface area contributed by atoms with Gasteiger partial charge in [-0.15, -0.1) is 10.2 Å². The molecule has 0 unspecified atom stereocenters. The summed E-state index contributed by atoms with van der Waals surface area (Å²) in [6.07, 6.45) is 3.75. The van der Waals surface area contributed by atoms with Gasteiger partial charge >= 0.3 is 0 Å². The normalized spacial score (nSPS) is 17.0. The van der Waals surface area contributed by atoms with Gasteiger partial charge < -0.3 is 5.11 Å². The maximum atomic E-state index is 8.99. The van der Waals surface area contributed by atoms with Crippen molar-refractivity contribution in [2.24, 2.45) is 0 Å². The van der Waals surface area contributed by atoms with Crippen molar-refractivity contribution in [2.75, 3.05) is 13.2 Å². The third-order valence-electron chi connectivity index (χ3n) is 2.76. The Morgan fingerprint density at radius 3 is 2.73 bits per heavy atom. The Balaban J connectivity index is 1.93. The molecule has 6 heteroatoms. The predicted octanol–water partition coefficient (Wildman–Crippen LogP) is 1.54. The summed E-state index contributed by atoms with van der Waals surface area (Å²) in [6, 6.07) is 0.611. The lowest BCUT2D eigenvalue weighted by Crippen LogP contribution is -2.41. The van der Waals surface area contributed by atoms with Crippen molar-refractivity contribution in [1.82, 2.24) is 15.1 Å². The summed E-state index contributed by atoms with van der Waals surface area (Å²) in [4.78, 5) is 2.26. The largest absolute Gasteiger partial charge is 0.395 e. The van der Waals surface area contributed by atoms with Crippen molar-refractivity contribution in [2.45, 2.75) is 31.8 Å². The van der Waals surface area contributed by atoms with E-state index in [0.29, 0.717) is 17.1 Å². The molecule has 84 valence electrons. The van der Waals surface area contributed by atoms with E-state index in [2.05, 4.69) is 15.1 Å². The molecule has 0 amide bonds. The summed E-state index contributed by atoms with van der Waals surface area (Å²) in [6.45, 7) is 1.67. The van der Waals surface area contributed by atoms with Gasteiger partial charge in [-0.3, -0.25) is 4.90 Å². The van der Waals surface area contributed by atoms with Gasteiger partial charge in [0.2, 0.25) is 4.47 Å². The van der Waals surface area contributed by atoms with E-state index in [1.807, 2.05) is 0 Å². The van der Waals surface area contributed by atoms with E-state index in [1.54, 1.807) is 0 Å². The van der Waals surface area contributed by atoms with Gasteiger partial charge in [-0.1, -0.05) is 17.8 Å². The van der Waals surface area contributed by atoms with Crippen molar-refractivity contribution in [3.63, 3.8) is 0 Å². The van der Waals surface area contributed by atoms with E-state index < -0.39 is 0 Å². The van der Waals surface area contributed by atoms with Crippen molar-refractivity contribution >= 4 is 22.9 Å². The van der Waals surface area contributed by atoms with Gasteiger partial charge in [-0.05, 0) is 24.4 Å². The molecule has 1 N–H and O–H groups in total. The summed E-state index contributed by atoms with van der Waals surface area (Å²) >= 11 is 7.14. The number of aliphatic hydroxyl groups is 1. The molecular weight excluding hydrogens is 234 g/mol. The Bertz CT molecular complexity index is 316. The van der Waals surface area contributed by atoms with Gasteiger partial charge in [0, 0.05) is 12.6 Å². The van der Waals surface area contributed by atoms with Crippen LogP contribution in [0.2, 0.25) is 4.47 Å². The molecule has 1 fully saturated rings. The van der Waals surface area contributed by atoms with Crippen LogP contribution in [0.4, 0.5) is 0 Å². The molecule has 4 nitrogen and oxygen atoms in total. The molecule has 1 aliphatic rings. The van der Waals surface area contributed by atoms with E-state index >= 15 is 0 Å². The maximum absolute atomic E-state index is 8.99. The van der Waals surface area contributed by atoms with E-state index in [0.717, 1.165) is 11.6 Å². The Labute approximate surface area is 97.9 Å². The molecule has 0 spiro atoms. The van der Waals surface area contributed by atoms with E-state index in [4.69, 9.17) is 16.7 Å². The van der Waals surface area contributed by atoms with Crippen molar-refractivity contribution in [3.05, 3.63) is 9.47 Å². The first-order valence-electron chi connectivity index (χ1n) is 5.12. The van der Waals surface area contributed by atoms with Crippen LogP contribution in [0, 0.1) is 0 Å². The fourth-order valence-corrected chi connectivity index (χ4v) is 2.63. The topological polar surface area (TPSA) is 49.2 Å². The minimum absolute atomic E-state index is 0.197. The lowest BCUT2D eigenvalue weighted by atomic mass is 9.91. The van der Waals surface area contributed by atoms with E-state index in [1.165, 1.54) is 30.6 Å². The summed E-state index contributed by atoms with van der Waals surface area (Å²) in [5, 5.41) is 17.7. The van der Waals surface area contributed by atoms with Crippen molar-refractivity contribution in [1.29, 1.82) is 0 Å². The number of rotatable bonds is 5. The average Bonchev–Trinajstić information content (AvgIpc) is 2.48. The Hall–Kier alpha value is -0.230. The number of nitrogens with zero attached hydrogens (tertiary/aromatic N) is 3. The minimum atomic E-state index is 0.197. The second-order valence-corrected chi connectivity index (χ2v) is 5.37. The van der Waals surface area contributed by atoms with Gasteiger partial charge in [-0.2, -0.15) is 0 Å². The van der Waals surface area contributed by atoms with Crippen molar-refractivity contribution < 1.29 is 5.11 Å². The quantitative estimate of drug-likeness (QED) is 0.858. The molecule has 0 bridgehead atoms. The van der Waals surface area contributed by atoms with Crippen LogP contribution in [-0.4, -0.2) is 39.4 Å². The zero-order chi connectivity index (χ0) is 10.7. The molecule has 2 rings (SSSR count). The minimum Gasteiger partial charge on any atom is -0.395 e. The molecule has 1 aromatic heterocycles. The Kier molecular flexibility index (Phi) is 3.91. The van der Waals surface area contributed by atoms with Crippen LogP contribution < -0.4 is 0 Å². The smallest absolute Gasteiger partial charge is 0.207 e. The lowest BCUT2D eigenvalue weighted by Gasteiger charge is -2.36. The number of halogens is 1. The SMILES string of the molecule is OCCN(Cc1nnc(Cl)s1)C1CCC1. The summed E-state index contributed by atoms with van der Waals surface area (Å²) in [5.41, 5.74) is 0. The highest BCUT2D eigenvalue weighted by atomic mass is 35.5. The molecular formula is C9H14ClN3OS. The number of hydrogen-bond acceptors (Lipinski definition) is 5. The standard InChI is InChI=1S/C9H14ClN3OS/c10-9-12-11-8(15-9)6-13(4-5-14)7-2-1-3-7/h7,14H,1-6H2.